The fourth-order valence-electron chi connectivity index (χ4n) is 2.51. The van der Waals surface area contributed by atoms with E-state index in [0.717, 1.165) is 6.04 Å². The van der Waals surface area contributed by atoms with Crippen molar-refractivity contribution in [3.05, 3.63) is 17.7 Å². The average molecular weight is 191 g/mol. The summed E-state index contributed by atoms with van der Waals surface area (Å²) >= 11 is 0. The first kappa shape index (κ1) is 8.48. The van der Waals surface area contributed by atoms with Gasteiger partial charge in [-0.05, 0) is 39.2 Å². The van der Waals surface area contributed by atoms with E-state index in [1.54, 1.807) is 0 Å². The van der Waals surface area contributed by atoms with E-state index >= 15 is 0 Å². The van der Waals surface area contributed by atoms with Crippen molar-refractivity contribution in [2.75, 3.05) is 7.05 Å². The first-order chi connectivity index (χ1) is 6.90. The van der Waals surface area contributed by atoms with Gasteiger partial charge in [-0.3, -0.25) is 0 Å². The third-order valence-corrected chi connectivity index (χ3v) is 3.45. The van der Waals surface area contributed by atoms with Crippen LogP contribution in [0.25, 0.3) is 0 Å². The van der Waals surface area contributed by atoms with Gasteiger partial charge in [0.25, 0.3) is 0 Å². The van der Waals surface area contributed by atoms with E-state index in [9.17, 15) is 0 Å². The van der Waals surface area contributed by atoms with Crippen molar-refractivity contribution >= 4 is 0 Å². The molecular formula is C11H17N3. The van der Waals surface area contributed by atoms with Crippen molar-refractivity contribution < 1.29 is 0 Å². The second-order valence-corrected chi connectivity index (χ2v) is 4.45. The van der Waals surface area contributed by atoms with Crippen LogP contribution in [0.1, 0.15) is 49.2 Å². The molecule has 1 atom stereocenters. The molecule has 0 bridgehead atoms. The predicted octanol–water partition coefficient (Wildman–Crippen LogP) is 1.81. The fraction of sp³-hybridized carbons (Fsp3) is 0.727. The van der Waals surface area contributed by atoms with E-state index in [0.29, 0.717) is 6.04 Å². The van der Waals surface area contributed by atoms with Gasteiger partial charge >= 0.3 is 0 Å². The molecule has 2 aliphatic carbocycles. The maximum Gasteiger partial charge on any atom is 0.0954 e. The molecule has 1 aromatic heterocycles. The molecule has 14 heavy (non-hydrogen) atoms. The van der Waals surface area contributed by atoms with Gasteiger partial charge in [0.2, 0.25) is 0 Å². The molecule has 1 heterocycles. The molecule has 0 aliphatic heterocycles. The SMILES string of the molecule is CN[C@@H]1CCCc2c1ncn2C1CC1. The van der Waals surface area contributed by atoms with Crippen molar-refractivity contribution in [2.45, 2.75) is 44.2 Å². The van der Waals surface area contributed by atoms with Gasteiger partial charge in [-0.25, -0.2) is 4.98 Å². The summed E-state index contributed by atoms with van der Waals surface area (Å²) < 4.78 is 2.42. The van der Waals surface area contributed by atoms with Crippen LogP contribution in [0.15, 0.2) is 6.33 Å². The zero-order valence-electron chi connectivity index (χ0n) is 8.66. The van der Waals surface area contributed by atoms with Crippen LogP contribution in [-0.4, -0.2) is 16.6 Å². The van der Waals surface area contributed by atoms with Crippen LogP contribution in [0, 0.1) is 0 Å². The summed E-state index contributed by atoms with van der Waals surface area (Å²) in [5.41, 5.74) is 2.81. The lowest BCUT2D eigenvalue weighted by Crippen LogP contribution is -2.22. The lowest BCUT2D eigenvalue weighted by molar-refractivity contribution is 0.475. The Labute approximate surface area is 84.5 Å². The smallest absolute Gasteiger partial charge is 0.0954 e. The summed E-state index contributed by atoms with van der Waals surface area (Å²) in [7, 11) is 2.04. The third-order valence-electron chi connectivity index (χ3n) is 3.45. The van der Waals surface area contributed by atoms with Crippen molar-refractivity contribution in [1.29, 1.82) is 0 Å². The van der Waals surface area contributed by atoms with Crippen LogP contribution in [0.2, 0.25) is 0 Å². The second kappa shape index (κ2) is 3.09. The second-order valence-electron chi connectivity index (χ2n) is 4.45. The number of hydrogen-bond acceptors (Lipinski definition) is 2. The fourth-order valence-corrected chi connectivity index (χ4v) is 2.51. The normalized spacial score (nSPS) is 26.2. The number of nitrogens with one attached hydrogen (secondary N) is 1. The minimum atomic E-state index is 0.499. The lowest BCUT2D eigenvalue weighted by Gasteiger charge is -2.22. The highest BCUT2D eigenvalue weighted by Crippen LogP contribution is 2.39. The molecule has 76 valence electrons. The van der Waals surface area contributed by atoms with Crippen molar-refractivity contribution in [1.82, 2.24) is 14.9 Å². The van der Waals surface area contributed by atoms with Crippen LogP contribution in [0.3, 0.4) is 0 Å². The van der Waals surface area contributed by atoms with E-state index in [2.05, 4.69) is 21.2 Å². The zero-order valence-corrected chi connectivity index (χ0v) is 8.66. The minimum absolute atomic E-state index is 0.499. The molecule has 3 nitrogen and oxygen atoms in total. The van der Waals surface area contributed by atoms with Crippen LogP contribution >= 0.6 is 0 Å². The van der Waals surface area contributed by atoms with Crippen molar-refractivity contribution in [3.8, 4) is 0 Å². The molecular weight excluding hydrogens is 174 g/mol. The molecule has 3 heteroatoms. The van der Waals surface area contributed by atoms with Crippen molar-refractivity contribution in [3.63, 3.8) is 0 Å². The Morgan fingerprint density at radius 3 is 3.00 bits per heavy atom. The van der Waals surface area contributed by atoms with Gasteiger partial charge in [-0.15, -0.1) is 0 Å². The molecule has 0 spiro atoms. The highest BCUT2D eigenvalue weighted by Gasteiger charge is 2.30. The van der Waals surface area contributed by atoms with Gasteiger partial charge in [0.05, 0.1) is 18.1 Å². The molecule has 0 amide bonds. The Kier molecular flexibility index (Phi) is 1.87. The third kappa shape index (κ3) is 1.19. The maximum absolute atomic E-state index is 4.57. The van der Waals surface area contributed by atoms with E-state index < -0.39 is 0 Å². The average Bonchev–Trinajstić information content (AvgIpc) is 2.97. The number of aromatic nitrogens is 2. The first-order valence-electron chi connectivity index (χ1n) is 5.63. The molecule has 1 aromatic rings. The molecule has 2 aliphatic rings. The molecule has 0 unspecified atom stereocenters. The van der Waals surface area contributed by atoms with Gasteiger partial charge in [0, 0.05) is 11.7 Å². The van der Waals surface area contributed by atoms with E-state index in [1.807, 2.05) is 7.05 Å². The summed E-state index contributed by atoms with van der Waals surface area (Å²) in [6.45, 7) is 0. The predicted molar refractivity (Wildman–Crippen MR) is 55.2 cm³/mol. The van der Waals surface area contributed by atoms with Crippen LogP contribution in [0.5, 0.6) is 0 Å². The van der Waals surface area contributed by atoms with Gasteiger partial charge in [0.1, 0.15) is 0 Å². The number of imidazole rings is 1. The maximum atomic E-state index is 4.57. The molecule has 3 rings (SSSR count). The Hall–Kier alpha value is -0.830. The van der Waals surface area contributed by atoms with Gasteiger partial charge in [-0.1, -0.05) is 0 Å². The molecule has 1 fully saturated rings. The van der Waals surface area contributed by atoms with Crippen LogP contribution in [0.4, 0.5) is 0 Å². The standard InChI is InChI=1S/C11H17N3/c1-12-9-3-2-4-10-11(9)13-7-14(10)8-5-6-8/h7-9,12H,2-6H2,1H3/t9-/m1/s1. The first-order valence-corrected chi connectivity index (χ1v) is 5.63. The molecule has 1 N–H and O–H groups in total. The van der Waals surface area contributed by atoms with Gasteiger partial charge in [-0.2, -0.15) is 0 Å². The Morgan fingerprint density at radius 2 is 2.29 bits per heavy atom. The highest BCUT2D eigenvalue weighted by molar-refractivity contribution is 5.22. The quantitative estimate of drug-likeness (QED) is 0.772. The van der Waals surface area contributed by atoms with Crippen LogP contribution < -0.4 is 5.32 Å². The number of hydrogen-bond donors (Lipinski definition) is 1. The summed E-state index contributed by atoms with van der Waals surface area (Å²) in [4.78, 5) is 4.57. The highest BCUT2D eigenvalue weighted by atomic mass is 15.1. The van der Waals surface area contributed by atoms with Gasteiger partial charge in [0.15, 0.2) is 0 Å². The number of fused-ring (bicyclic) bond motifs is 1. The summed E-state index contributed by atoms with van der Waals surface area (Å²) in [6.07, 6.45) is 8.53. The van der Waals surface area contributed by atoms with E-state index in [4.69, 9.17) is 0 Å². The zero-order chi connectivity index (χ0) is 9.54. The van der Waals surface area contributed by atoms with Crippen LogP contribution in [-0.2, 0) is 6.42 Å². The molecule has 1 saturated carbocycles. The Bertz CT molecular complexity index is 338. The largest absolute Gasteiger partial charge is 0.331 e. The number of nitrogens with zero attached hydrogens (tertiary/aromatic N) is 2. The molecule has 0 saturated heterocycles. The Balaban J connectivity index is 1.99. The van der Waals surface area contributed by atoms with E-state index in [1.165, 1.54) is 43.5 Å². The monoisotopic (exact) mass is 191 g/mol. The minimum Gasteiger partial charge on any atom is -0.331 e. The summed E-state index contributed by atoms with van der Waals surface area (Å²) in [6, 6.07) is 1.28. The van der Waals surface area contributed by atoms with Crippen molar-refractivity contribution in [2.24, 2.45) is 0 Å². The number of rotatable bonds is 2. The van der Waals surface area contributed by atoms with E-state index in [-0.39, 0.29) is 0 Å². The van der Waals surface area contributed by atoms with Gasteiger partial charge < -0.3 is 9.88 Å². The molecule has 0 aromatic carbocycles. The topological polar surface area (TPSA) is 29.9 Å². The molecule has 0 radical (unpaired) electrons. The summed E-state index contributed by atoms with van der Waals surface area (Å²) in [5, 5.41) is 3.36. The lowest BCUT2D eigenvalue weighted by atomic mass is 9.96. The summed E-state index contributed by atoms with van der Waals surface area (Å²) in [5.74, 6) is 0. The Morgan fingerprint density at radius 1 is 1.43 bits per heavy atom.